The highest BCUT2D eigenvalue weighted by atomic mass is 16.5. The van der Waals surface area contributed by atoms with Crippen LogP contribution >= 0.6 is 0 Å². The van der Waals surface area contributed by atoms with Gasteiger partial charge in [0, 0.05) is 11.1 Å². The van der Waals surface area contributed by atoms with Gasteiger partial charge in [0.2, 0.25) is 0 Å². The number of aliphatic hydroxyl groups excluding tert-OH is 1. The van der Waals surface area contributed by atoms with Crippen molar-refractivity contribution >= 4 is 23.9 Å². The number of furan rings is 1. The van der Waals surface area contributed by atoms with E-state index in [9.17, 15) is 24.8 Å². The number of carbonyl (C=O) groups excluding carboxylic acids is 3. The van der Waals surface area contributed by atoms with Crippen molar-refractivity contribution in [1.82, 2.24) is 4.90 Å². The molecule has 170 valence electrons. The number of unbranched alkanes of at least 4 members (excludes halogenated alkanes) is 1. The van der Waals surface area contributed by atoms with E-state index in [4.69, 9.17) is 9.15 Å². The molecule has 2 amide bonds. The summed E-state index contributed by atoms with van der Waals surface area (Å²) < 4.78 is 11.1. The molecule has 1 N–H and O–H groups in total. The standard InChI is InChI=1S/C25H24N2O6/c1-3-4-12-32-25(31)18-7-5-6-17(13-18)22-9-8-19(33-22)14-20-16(2)21(15-26)24(30)27(10-11-28)23(20)29/h5-9,13-14,28H,3-4,10-12H2,1-2H3/b20-14-. The van der Waals surface area contributed by atoms with E-state index in [1.165, 1.54) is 13.0 Å². The Bertz CT molecular complexity index is 1180. The van der Waals surface area contributed by atoms with E-state index in [1.807, 2.05) is 13.0 Å². The van der Waals surface area contributed by atoms with Crippen molar-refractivity contribution in [1.29, 1.82) is 5.26 Å². The number of benzene rings is 1. The average molecular weight is 448 g/mol. The fraction of sp³-hybridized carbons (Fsp3) is 0.280. The van der Waals surface area contributed by atoms with Crippen LogP contribution in [0.25, 0.3) is 17.4 Å². The third-order valence-corrected chi connectivity index (χ3v) is 5.18. The second kappa shape index (κ2) is 10.6. The molecule has 0 aliphatic carbocycles. The van der Waals surface area contributed by atoms with Gasteiger partial charge in [-0.1, -0.05) is 25.5 Å². The van der Waals surface area contributed by atoms with Crippen LogP contribution in [0.2, 0.25) is 0 Å². The topological polar surface area (TPSA) is 121 Å². The zero-order valence-electron chi connectivity index (χ0n) is 18.5. The van der Waals surface area contributed by atoms with Gasteiger partial charge in [0.05, 0.1) is 25.3 Å². The Morgan fingerprint density at radius 2 is 2.03 bits per heavy atom. The third kappa shape index (κ3) is 5.10. The molecule has 33 heavy (non-hydrogen) atoms. The van der Waals surface area contributed by atoms with Gasteiger partial charge in [-0.3, -0.25) is 14.5 Å². The molecule has 0 radical (unpaired) electrons. The first-order valence-corrected chi connectivity index (χ1v) is 10.6. The third-order valence-electron chi connectivity index (χ3n) is 5.18. The number of carbonyl (C=O) groups is 3. The number of esters is 1. The average Bonchev–Trinajstić information content (AvgIpc) is 3.29. The Kier molecular flexibility index (Phi) is 7.59. The van der Waals surface area contributed by atoms with Crippen LogP contribution in [0.4, 0.5) is 0 Å². The van der Waals surface area contributed by atoms with Crippen LogP contribution in [-0.4, -0.2) is 47.5 Å². The molecule has 2 heterocycles. The van der Waals surface area contributed by atoms with Gasteiger partial charge < -0.3 is 14.3 Å². The van der Waals surface area contributed by atoms with Gasteiger partial charge in [-0.15, -0.1) is 0 Å². The molecule has 0 fully saturated rings. The molecule has 1 aromatic heterocycles. The maximum absolute atomic E-state index is 12.8. The minimum atomic E-state index is -0.728. The van der Waals surface area contributed by atoms with Gasteiger partial charge in [0.25, 0.3) is 11.8 Å². The summed E-state index contributed by atoms with van der Waals surface area (Å²) in [6.45, 7) is 3.27. The number of β-amino-alcohol motifs (C(OH)–C–C–N with tert-alkyl or cyclic N) is 1. The van der Waals surface area contributed by atoms with E-state index in [2.05, 4.69) is 0 Å². The zero-order valence-corrected chi connectivity index (χ0v) is 18.5. The molecule has 0 unspecified atom stereocenters. The number of hydrogen-bond acceptors (Lipinski definition) is 7. The number of rotatable bonds is 8. The van der Waals surface area contributed by atoms with E-state index in [1.54, 1.807) is 36.4 Å². The summed E-state index contributed by atoms with van der Waals surface area (Å²) in [5, 5.41) is 18.6. The summed E-state index contributed by atoms with van der Waals surface area (Å²) >= 11 is 0. The van der Waals surface area contributed by atoms with Gasteiger partial charge in [-0.25, -0.2) is 4.79 Å². The van der Waals surface area contributed by atoms with Crippen LogP contribution in [0, 0.1) is 11.3 Å². The van der Waals surface area contributed by atoms with Crippen LogP contribution in [0.5, 0.6) is 0 Å². The summed E-state index contributed by atoms with van der Waals surface area (Å²) in [5.41, 5.74) is 1.28. The second-order valence-corrected chi connectivity index (χ2v) is 7.43. The van der Waals surface area contributed by atoms with Gasteiger partial charge in [-0.05, 0) is 49.3 Å². The Morgan fingerprint density at radius 3 is 2.73 bits per heavy atom. The molecule has 8 heteroatoms. The summed E-state index contributed by atoms with van der Waals surface area (Å²) in [6.07, 6.45) is 3.18. The van der Waals surface area contributed by atoms with E-state index < -0.39 is 24.4 Å². The van der Waals surface area contributed by atoms with Crippen molar-refractivity contribution < 1.29 is 28.6 Å². The highest BCUT2D eigenvalue weighted by Gasteiger charge is 2.35. The molecule has 0 saturated heterocycles. The number of aliphatic hydroxyl groups is 1. The SMILES string of the molecule is CCCCOC(=O)c1cccc(-c2ccc(/C=C3\C(=O)N(CCO)C(=O)C(C#N)=C3C)o2)c1. The van der Waals surface area contributed by atoms with Crippen molar-refractivity contribution in [2.75, 3.05) is 19.8 Å². The second-order valence-electron chi connectivity index (χ2n) is 7.43. The number of amides is 2. The van der Waals surface area contributed by atoms with Crippen molar-refractivity contribution in [3.63, 3.8) is 0 Å². The molecular formula is C25H24N2O6. The number of imide groups is 1. The van der Waals surface area contributed by atoms with Crippen LogP contribution in [0.1, 0.15) is 42.8 Å². The quantitative estimate of drug-likeness (QED) is 0.284. The number of ether oxygens (including phenoxy) is 1. The fourth-order valence-corrected chi connectivity index (χ4v) is 3.35. The lowest BCUT2D eigenvalue weighted by atomic mass is 9.95. The molecule has 0 spiro atoms. The maximum atomic E-state index is 12.8. The molecule has 1 aromatic carbocycles. The van der Waals surface area contributed by atoms with Crippen molar-refractivity contribution in [2.24, 2.45) is 0 Å². The predicted octanol–water partition coefficient (Wildman–Crippen LogP) is 3.49. The first kappa shape index (κ1) is 23.7. The Labute approximate surface area is 191 Å². The summed E-state index contributed by atoms with van der Waals surface area (Å²) in [4.78, 5) is 38.2. The normalized spacial score (nSPS) is 15.2. The van der Waals surface area contributed by atoms with Crippen molar-refractivity contribution in [2.45, 2.75) is 26.7 Å². The summed E-state index contributed by atoms with van der Waals surface area (Å²) in [6, 6.07) is 12.0. The highest BCUT2D eigenvalue weighted by molar-refractivity contribution is 6.19. The number of hydrogen-bond donors (Lipinski definition) is 1. The number of nitrogens with zero attached hydrogens (tertiary/aromatic N) is 2. The molecular weight excluding hydrogens is 424 g/mol. The highest BCUT2D eigenvalue weighted by Crippen LogP contribution is 2.29. The van der Waals surface area contributed by atoms with Crippen molar-refractivity contribution in [3.8, 4) is 17.4 Å². The molecule has 0 saturated carbocycles. The zero-order chi connectivity index (χ0) is 24.0. The van der Waals surface area contributed by atoms with E-state index in [0.29, 0.717) is 29.3 Å². The van der Waals surface area contributed by atoms with Crippen LogP contribution < -0.4 is 0 Å². The van der Waals surface area contributed by atoms with E-state index >= 15 is 0 Å². The molecule has 1 aliphatic heterocycles. The monoisotopic (exact) mass is 448 g/mol. The van der Waals surface area contributed by atoms with Gasteiger partial charge in [0.1, 0.15) is 23.2 Å². The minimum Gasteiger partial charge on any atom is -0.462 e. The van der Waals surface area contributed by atoms with Crippen LogP contribution in [0.3, 0.4) is 0 Å². The summed E-state index contributed by atoms with van der Waals surface area (Å²) in [7, 11) is 0. The molecule has 0 bridgehead atoms. The summed E-state index contributed by atoms with van der Waals surface area (Å²) in [5.74, 6) is -0.947. The fourth-order valence-electron chi connectivity index (χ4n) is 3.35. The molecule has 8 nitrogen and oxygen atoms in total. The lowest BCUT2D eigenvalue weighted by molar-refractivity contribution is -0.141. The lowest BCUT2D eigenvalue weighted by Crippen LogP contribution is -2.44. The molecule has 2 aromatic rings. The van der Waals surface area contributed by atoms with E-state index in [0.717, 1.165) is 17.7 Å². The lowest BCUT2D eigenvalue weighted by Gasteiger charge is -2.26. The Morgan fingerprint density at radius 1 is 1.24 bits per heavy atom. The smallest absolute Gasteiger partial charge is 0.338 e. The molecule has 3 rings (SSSR count). The minimum absolute atomic E-state index is 0.133. The van der Waals surface area contributed by atoms with Crippen LogP contribution in [-0.2, 0) is 14.3 Å². The van der Waals surface area contributed by atoms with Gasteiger partial charge in [0.15, 0.2) is 0 Å². The van der Waals surface area contributed by atoms with Gasteiger partial charge >= 0.3 is 5.97 Å². The Balaban J connectivity index is 1.90. The van der Waals surface area contributed by atoms with Crippen molar-refractivity contribution in [3.05, 3.63) is 64.4 Å². The molecule has 1 aliphatic rings. The first-order chi connectivity index (χ1) is 15.9. The molecule has 0 atom stereocenters. The predicted molar refractivity (Wildman–Crippen MR) is 119 cm³/mol. The number of nitriles is 1. The largest absolute Gasteiger partial charge is 0.462 e. The van der Waals surface area contributed by atoms with E-state index in [-0.39, 0.29) is 23.3 Å². The maximum Gasteiger partial charge on any atom is 0.338 e. The Hall–Kier alpha value is -3.96. The van der Waals surface area contributed by atoms with Gasteiger partial charge in [-0.2, -0.15) is 5.26 Å². The first-order valence-electron chi connectivity index (χ1n) is 10.6. The van der Waals surface area contributed by atoms with Crippen LogP contribution in [0.15, 0.2) is 57.5 Å².